The fraction of sp³-hybridized carbons (Fsp3) is 0.867. The maximum atomic E-state index is 10.3. The molecule has 0 aliphatic heterocycles. The van der Waals surface area contributed by atoms with Crippen molar-refractivity contribution in [3.8, 4) is 0 Å². The molecule has 0 aromatic carbocycles. The molecule has 2 nitrogen and oxygen atoms in total. The predicted octanol–water partition coefficient (Wildman–Crippen LogP) is 3.69. The molecule has 100 valence electrons. The Morgan fingerprint density at radius 3 is 2.65 bits per heavy atom. The normalized spacial score (nSPS) is 21.1. The predicted molar refractivity (Wildman–Crippen MR) is 72.0 cm³/mol. The lowest BCUT2D eigenvalue weighted by Crippen LogP contribution is -2.37. The third-order valence-electron chi connectivity index (χ3n) is 3.76. The number of hydrogen-bond acceptors (Lipinski definition) is 2. The van der Waals surface area contributed by atoms with E-state index >= 15 is 0 Å². The summed E-state index contributed by atoms with van der Waals surface area (Å²) < 4.78 is 5.80. The minimum atomic E-state index is -0.294. The average molecular weight is 240 g/mol. The quantitative estimate of drug-likeness (QED) is 0.518. The Balaban J connectivity index is 2.41. The first kappa shape index (κ1) is 14.7. The minimum Gasteiger partial charge on any atom is -0.390 e. The van der Waals surface area contributed by atoms with Crippen LogP contribution in [-0.2, 0) is 4.74 Å². The van der Waals surface area contributed by atoms with Gasteiger partial charge in [0.1, 0.15) is 0 Å². The van der Waals surface area contributed by atoms with E-state index < -0.39 is 0 Å². The standard InChI is InChI=1S/C15H28O2/c1-3-5-7-12-14(16)15(17-4-2)13-10-8-6-9-11-13/h3,13-16H,1,4-12H2,2H3. The van der Waals surface area contributed by atoms with Gasteiger partial charge in [0.05, 0.1) is 12.2 Å². The number of rotatable bonds is 8. The molecule has 17 heavy (non-hydrogen) atoms. The van der Waals surface area contributed by atoms with E-state index in [0.29, 0.717) is 12.5 Å². The molecule has 0 radical (unpaired) electrons. The third-order valence-corrected chi connectivity index (χ3v) is 3.76. The lowest BCUT2D eigenvalue weighted by Gasteiger charge is -2.33. The van der Waals surface area contributed by atoms with Crippen molar-refractivity contribution < 1.29 is 9.84 Å². The molecule has 1 fully saturated rings. The molecule has 2 unspecified atom stereocenters. The Morgan fingerprint density at radius 2 is 2.06 bits per heavy atom. The maximum Gasteiger partial charge on any atom is 0.0861 e. The van der Waals surface area contributed by atoms with Gasteiger partial charge in [-0.15, -0.1) is 6.58 Å². The Kier molecular flexibility index (Phi) is 7.54. The first-order chi connectivity index (χ1) is 8.29. The molecular weight excluding hydrogens is 212 g/mol. The zero-order chi connectivity index (χ0) is 12.5. The van der Waals surface area contributed by atoms with Gasteiger partial charge in [0.2, 0.25) is 0 Å². The molecule has 0 spiro atoms. The summed E-state index contributed by atoms with van der Waals surface area (Å²) in [5.41, 5.74) is 0. The van der Waals surface area contributed by atoms with Crippen molar-refractivity contribution >= 4 is 0 Å². The number of hydrogen-bond donors (Lipinski definition) is 1. The van der Waals surface area contributed by atoms with Gasteiger partial charge in [-0.3, -0.25) is 0 Å². The summed E-state index contributed by atoms with van der Waals surface area (Å²) in [6, 6.07) is 0. The third kappa shape index (κ3) is 5.22. The molecule has 0 bridgehead atoms. The largest absolute Gasteiger partial charge is 0.390 e. The summed E-state index contributed by atoms with van der Waals surface area (Å²) >= 11 is 0. The van der Waals surface area contributed by atoms with Crippen LogP contribution in [0.5, 0.6) is 0 Å². The molecule has 0 amide bonds. The van der Waals surface area contributed by atoms with Crippen LogP contribution in [0.2, 0.25) is 0 Å². The second-order valence-electron chi connectivity index (χ2n) is 5.10. The van der Waals surface area contributed by atoms with Crippen LogP contribution in [0.25, 0.3) is 0 Å². The van der Waals surface area contributed by atoms with Crippen LogP contribution in [-0.4, -0.2) is 23.9 Å². The minimum absolute atomic E-state index is 0.0603. The Morgan fingerprint density at radius 1 is 1.35 bits per heavy atom. The fourth-order valence-corrected chi connectivity index (χ4v) is 2.85. The molecule has 1 aliphatic carbocycles. The van der Waals surface area contributed by atoms with Gasteiger partial charge in [-0.25, -0.2) is 0 Å². The first-order valence-electron chi connectivity index (χ1n) is 7.20. The van der Waals surface area contributed by atoms with Crippen LogP contribution in [0.4, 0.5) is 0 Å². The second-order valence-corrected chi connectivity index (χ2v) is 5.10. The van der Waals surface area contributed by atoms with Gasteiger partial charge in [0.25, 0.3) is 0 Å². The number of aliphatic hydroxyl groups excluding tert-OH is 1. The maximum absolute atomic E-state index is 10.3. The summed E-state index contributed by atoms with van der Waals surface area (Å²) in [7, 11) is 0. The van der Waals surface area contributed by atoms with Crippen LogP contribution >= 0.6 is 0 Å². The summed E-state index contributed by atoms with van der Waals surface area (Å²) in [6.07, 6.45) is 10.9. The monoisotopic (exact) mass is 240 g/mol. The number of aliphatic hydroxyl groups is 1. The van der Waals surface area contributed by atoms with Gasteiger partial charge in [-0.05, 0) is 44.9 Å². The highest BCUT2D eigenvalue weighted by Crippen LogP contribution is 2.30. The zero-order valence-corrected chi connectivity index (χ0v) is 11.2. The van der Waals surface area contributed by atoms with E-state index in [4.69, 9.17) is 4.74 Å². The summed E-state index contributed by atoms with van der Waals surface area (Å²) in [5, 5.41) is 10.3. The summed E-state index contributed by atoms with van der Waals surface area (Å²) in [6.45, 7) is 6.44. The Bertz CT molecular complexity index is 197. The van der Waals surface area contributed by atoms with Crippen molar-refractivity contribution in [1.29, 1.82) is 0 Å². The van der Waals surface area contributed by atoms with E-state index in [1.54, 1.807) is 0 Å². The van der Waals surface area contributed by atoms with Crippen molar-refractivity contribution in [1.82, 2.24) is 0 Å². The molecule has 2 heteroatoms. The highest BCUT2D eigenvalue weighted by molar-refractivity contribution is 4.81. The smallest absolute Gasteiger partial charge is 0.0861 e. The Hall–Kier alpha value is -0.340. The van der Waals surface area contributed by atoms with Crippen LogP contribution in [0.3, 0.4) is 0 Å². The molecule has 0 saturated heterocycles. The van der Waals surface area contributed by atoms with Gasteiger partial charge in [0, 0.05) is 6.61 Å². The second kappa shape index (κ2) is 8.71. The molecule has 1 N–H and O–H groups in total. The molecule has 2 atom stereocenters. The number of allylic oxidation sites excluding steroid dienone is 1. The molecule has 0 aromatic rings. The van der Waals surface area contributed by atoms with E-state index in [1.165, 1.54) is 32.1 Å². The summed E-state index contributed by atoms with van der Waals surface area (Å²) in [5.74, 6) is 0.572. The van der Waals surface area contributed by atoms with Crippen molar-refractivity contribution in [3.63, 3.8) is 0 Å². The number of unbranched alkanes of at least 4 members (excludes halogenated alkanes) is 1. The van der Waals surface area contributed by atoms with E-state index in [9.17, 15) is 5.11 Å². The Labute approximate surface area is 106 Å². The molecule has 0 aromatic heterocycles. The SMILES string of the molecule is C=CCCCC(O)C(OCC)C1CCCCC1. The lowest BCUT2D eigenvalue weighted by molar-refractivity contribution is -0.0750. The van der Waals surface area contributed by atoms with Gasteiger partial charge < -0.3 is 9.84 Å². The van der Waals surface area contributed by atoms with E-state index in [0.717, 1.165) is 19.3 Å². The van der Waals surface area contributed by atoms with Crippen molar-refractivity contribution in [3.05, 3.63) is 12.7 Å². The van der Waals surface area contributed by atoms with Gasteiger partial charge >= 0.3 is 0 Å². The average Bonchev–Trinajstić information content (AvgIpc) is 2.37. The molecule has 1 aliphatic rings. The first-order valence-corrected chi connectivity index (χ1v) is 7.20. The molecule has 0 heterocycles. The van der Waals surface area contributed by atoms with E-state index in [1.807, 2.05) is 13.0 Å². The van der Waals surface area contributed by atoms with Crippen molar-refractivity contribution in [2.24, 2.45) is 5.92 Å². The van der Waals surface area contributed by atoms with E-state index in [2.05, 4.69) is 6.58 Å². The zero-order valence-electron chi connectivity index (χ0n) is 11.2. The topological polar surface area (TPSA) is 29.5 Å². The van der Waals surface area contributed by atoms with Crippen LogP contribution < -0.4 is 0 Å². The highest BCUT2D eigenvalue weighted by atomic mass is 16.5. The number of ether oxygens (including phenoxy) is 1. The van der Waals surface area contributed by atoms with Crippen molar-refractivity contribution in [2.45, 2.75) is 70.5 Å². The lowest BCUT2D eigenvalue weighted by atomic mass is 9.82. The van der Waals surface area contributed by atoms with Crippen LogP contribution in [0.1, 0.15) is 58.3 Å². The summed E-state index contributed by atoms with van der Waals surface area (Å²) in [4.78, 5) is 0. The fourth-order valence-electron chi connectivity index (χ4n) is 2.85. The van der Waals surface area contributed by atoms with E-state index in [-0.39, 0.29) is 12.2 Å². The highest BCUT2D eigenvalue weighted by Gasteiger charge is 2.29. The van der Waals surface area contributed by atoms with Crippen LogP contribution in [0, 0.1) is 5.92 Å². The van der Waals surface area contributed by atoms with Gasteiger partial charge in [-0.2, -0.15) is 0 Å². The van der Waals surface area contributed by atoms with Crippen molar-refractivity contribution in [2.75, 3.05) is 6.61 Å². The molecular formula is C15H28O2. The van der Waals surface area contributed by atoms with Gasteiger partial charge in [-0.1, -0.05) is 25.3 Å². The van der Waals surface area contributed by atoms with Crippen LogP contribution in [0.15, 0.2) is 12.7 Å². The molecule has 1 rings (SSSR count). The molecule has 1 saturated carbocycles. The van der Waals surface area contributed by atoms with Gasteiger partial charge in [0.15, 0.2) is 0 Å².